The summed E-state index contributed by atoms with van der Waals surface area (Å²) in [6.45, 7) is 11.9. The molecule has 188 valence electrons. The number of aromatic nitrogens is 2. The van der Waals surface area contributed by atoms with E-state index in [1.54, 1.807) is 34.1 Å². The lowest BCUT2D eigenvalue weighted by atomic mass is 9.87. The molecule has 2 unspecified atom stereocenters. The number of benzene rings is 2. The molecule has 1 aliphatic rings. The summed E-state index contributed by atoms with van der Waals surface area (Å²) in [6, 6.07) is 14.4. The fraction of sp³-hybridized carbons (Fsp3) is 0.481. The summed E-state index contributed by atoms with van der Waals surface area (Å²) in [5, 5.41) is 0.607. The van der Waals surface area contributed by atoms with E-state index in [1.807, 2.05) is 37.3 Å². The highest BCUT2D eigenvalue weighted by Crippen LogP contribution is 2.30. The van der Waals surface area contributed by atoms with Gasteiger partial charge in [-0.15, -0.1) is 0 Å². The van der Waals surface area contributed by atoms with Gasteiger partial charge in [-0.2, -0.15) is 4.31 Å². The van der Waals surface area contributed by atoms with Crippen molar-refractivity contribution in [2.24, 2.45) is 7.05 Å². The normalized spacial score (nSPS) is 19.2. The van der Waals surface area contributed by atoms with Crippen molar-refractivity contribution in [1.29, 1.82) is 0 Å². The zero-order valence-electron chi connectivity index (χ0n) is 21.5. The molecule has 1 aliphatic heterocycles. The van der Waals surface area contributed by atoms with Crippen molar-refractivity contribution in [3.63, 3.8) is 0 Å². The molecule has 2 atom stereocenters. The van der Waals surface area contributed by atoms with Gasteiger partial charge in [-0.3, -0.25) is 14.3 Å². The molecule has 2 heterocycles. The Labute approximate surface area is 208 Å². The molecule has 2 aromatic carbocycles. The molecule has 0 radical (unpaired) electrons. The van der Waals surface area contributed by atoms with E-state index in [4.69, 9.17) is 4.98 Å². The third-order valence-electron chi connectivity index (χ3n) is 7.07. The Morgan fingerprint density at radius 3 is 2.31 bits per heavy atom. The molecular weight excluding hydrogens is 460 g/mol. The summed E-state index contributed by atoms with van der Waals surface area (Å²) in [7, 11) is -1.83. The average molecular weight is 497 g/mol. The van der Waals surface area contributed by atoms with Crippen LogP contribution in [0.1, 0.15) is 58.5 Å². The molecule has 8 heteroatoms. The molecule has 35 heavy (non-hydrogen) atoms. The molecule has 0 aliphatic carbocycles. The highest BCUT2D eigenvalue weighted by Gasteiger charge is 2.37. The van der Waals surface area contributed by atoms with E-state index in [9.17, 15) is 13.2 Å². The van der Waals surface area contributed by atoms with Crippen LogP contribution >= 0.6 is 0 Å². The first-order valence-corrected chi connectivity index (χ1v) is 13.7. The van der Waals surface area contributed by atoms with Crippen molar-refractivity contribution in [1.82, 2.24) is 18.8 Å². The van der Waals surface area contributed by atoms with Crippen molar-refractivity contribution in [3.8, 4) is 0 Å². The maximum absolute atomic E-state index is 13.5. The highest BCUT2D eigenvalue weighted by molar-refractivity contribution is 7.89. The largest absolute Gasteiger partial charge is 0.298 e. The van der Waals surface area contributed by atoms with E-state index < -0.39 is 10.0 Å². The van der Waals surface area contributed by atoms with E-state index in [1.165, 1.54) is 0 Å². The predicted octanol–water partition coefficient (Wildman–Crippen LogP) is 4.08. The first kappa shape index (κ1) is 25.5. The van der Waals surface area contributed by atoms with Gasteiger partial charge in [0.25, 0.3) is 5.56 Å². The van der Waals surface area contributed by atoms with Gasteiger partial charge in [0, 0.05) is 32.7 Å². The lowest BCUT2D eigenvalue weighted by molar-refractivity contribution is 0.0938. The quantitative estimate of drug-likeness (QED) is 0.532. The number of hydrogen-bond donors (Lipinski definition) is 0. The first-order chi connectivity index (χ1) is 16.4. The second kappa shape index (κ2) is 9.48. The Morgan fingerprint density at radius 2 is 1.71 bits per heavy atom. The molecular formula is C27H36N4O3S. The first-order valence-electron chi connectivity index (χ1n) is 12.3. The maximum Gasteiger partial charge on any atom is 0.261 e. The van der Waals surface area contributed by atoms with Crippen molar-refractivity contribution in [2.75, 3.05) is 19.6 Å². The van der Waals surface area contributed by atoms with Gasteiger partial charge in [0.15, 0.2) is 0 Å². The van der Waals surface area contributed by atoms with E-state index in [-0.39, 0.29) is 23.1 Å². The number of hydrogen-bond acceptors (Lipinski definition) is 5. The van der Waals surface area contributed by atoms with Gasteiger partial charge < -0.3 is 0 Å². The Kier molecular flexibility index (Phi) is 6.92. The van der Waals surface area contributed by atoms with Crippen LogP contribution in [0.15, 0.2) is 58.2 Å². The van der Waals surface area contributed by atoms with Crippen molar-refractivity contribution in [3.05, 3.63) is 70.3 Å². The van der Waals surface area contributed by atoms with E-state index >= 15 is 0 Å². The smallest absolute Gasteiger partial charge is 0.261 e. The van der Waals surface area contributed by atoms with Gasteiger partial charge in [0.2, 0.25) is 10.0 Å². The van der Waals surface area contributed by atoms with Crippen LogP contribution in [0.25, 0.3) is 10.9 Å². The number of sulfonamides is 1. The van der Waals surface area contributed by atoms with Gasteiger partial charge in [0.1, 0.15) is 5.82 Å². The van der Waals surface area contributed by atoms with E-state index in [0.717, 1.165) is 17.8 Å². The van der Waals surface area contributed by atoms with Crippen LogP contribution in [0.2, 0.25) is 0 Å². The number of nitrogens with zero attached hydrogens (tertiary/aromatic N) is 4. The van der Waals surface area contributed by atoms with Gasteiger partial charge in [-0.25, -0.2) is 13.4 Å². The van der Waals surface area contributed by atoms with E-state index in [0.29, 0.717) is 35.4 Å². The van der Waals surface area contributed by atoms with Crippen LogP contribution in [0, 0.1) is 0 Å². The molecule has 1 saturated heterocycles. The molecule has 1 fully saturated rings. The number of para-hydroxylation sites is 1. The minimum atomic E-state index is -3.60. The Bertz CT molecular complexity index is 1370. The van der Waals surface area contributed by atoms with Crippen LogP contribution in [0.4, 0.5) is 0 Å². The van der Waals surface area contributed by atoms with Gasteiger partial charge in [-0.05, 0) is 48.6 Å². The summed E-state index contributed by atoms with van der Waals surface area (Å²) >= 11 is 0. The molecule has 0 N–H and O–H groups in total. The van der Waals surface area contributed by atoms with Crippen molar-refractivity contribution >= 4 is 20.9 Å². The fourth-order valence-electron chi connectivity index (χ4n) is 5.01. The predicted molar refractivity (Wildman–Crippen MR) is 140 cm³/mol. The molecule has 4 rings (SSSR count). The van der Waals surface area contributed by atoms with Gasteiger partial charge in [-0.1, -0.05) is 52.0 Å². The van der Waals surface area contributed by atoms with E-state index in [2.05, 4.69) is 32.6 Å². The summed E-state index contributed by atoms with van der Waals surface area (Å²) in [5.74, 6) is 0.720. The van der Waals surface area contributed by atoms with Crippen LogP contribution in [0.5, 0.6) is 0 Å². The molecule has 0 saturated carbocycles. The van der Waals surface area contributed by atoms with Gasteiger partial charge in [0.05, 0.1) is 21.8 Å². The minimum Gasteiger partial charge on any atom is -0.298 e. The molecule has 7 nitrogen and oxygen atoms in total. The third kappa shape index (κ3) is 4.79. The summed E-state index contributed by atoms with van der Waals surface area (Å²) in [4.78, 5) is 20.4. The maximum atomic E-state index is 13.5. The molecule has 0 amide bonds. The topological polar surface area (TPSA) is 75.5 Å². The Morgan fingerprint density at radius 1 is 1.06 bits per heavy atom. The second-order valence-electron chi connectivity index (χ2n) is 10.5. The molecule has 0 bridgehead atoms. The average Bonchev–Trinajstić information content (AvgIpc) is 2.82. The highest BCUT2D eigenvalue weighted by atomic mass is 32.2. The third-order valence-corrected chi connectivity index (χ3v) is 9.10. The molecule has 1 aromatic heterocycles. The Hall–Kier alpha value is -2.55. The summed E-state index contributed by atoms with van der Waals surface area (Å²) in [5.41, 5.74) is 1.70. The summed E-state index contributed by atoms with van der Waals surface area (Å²) < 4.78 is 30.2. The van der Waals surface area contributed by atoms with Gasteiger partial charge >= 0.3 is 0 Å². The monoisotopic (exact) mass is 496 g/mol. The lowest BCUT2D eigenvalue weighted by Gasteiger charge is -2.42. The van der Waals surface area contributed by atoms with Crippen molar-refractivity contribution in [2.45, 2.75) is 63.4 Å². The standard InChI is InChI=1S/C27H36N4O3S/c1-7-24(25-28-23-11-9-8-10-22(23)26(32)29(25)6)30-16-17-31(19(2)18-30)35(33,34)21-14-12-20(13-15-21)27(3,4)5/h8-15,19,24H,7,16-18H2,1-6H3. The molecule has 0 spiro atoms. The van der Waals surface area contributed by atoms with Crippen LogP contribution < -0.4 is 5.56 Å². The van der Waals surface area contributed by atoms with Crippen LogP contribution in [-0.4, -0.2) is 52.9 Å². The minimum absolute atomic E-state index is 0.0345. The number of fused-ring (bicyclic) bond motifs is 1. The Balaban J connectivity index is 1.58. The van der Waals surface area contributed by atoms with Crippen LogP contribution in [0.3, 0.4) is 0 Å². The second-order valence-corrected chi connectivity index (χ2v) is 12.4. The number of piperazine rings is 1. The van der Waals surface area contributed by atoms with Crippen molar-refractivity contribution < 1.29 is 8.42 Å². The lowest BCUT2D eigenvalue weighted by Crippen LogP contribution is -2.54. The summed E-state index contributed by atoms with van der Waals surface area (Å²) in [6.07, 6.45) is 0.770. The number of rotatable bonds is 5. The zero-order chi connectivity index (χ0) is 25.5. The fourth-order valence-corrected chi connectivity index (χ4v) is 6.62. The SMILES string of the molecule is CCC(c1nc2ccccc2c(=O)n1C)N1CCN(S(=O)(=O)c2ccc(C(C)(C)C)cc2)C(C)C1. The zero-order valence-corrected chi connectivity index (χ0v) is 22.3. The van der Waals surface area contributed by atoms with Crippen LogP contribution in [-0.2, 0) is 22.5 Å². The molecule has 3 aromatic rings.